The molecule has 0 aromatic carbocycles. The van der Waals surface area contributed by atoms with Crippen LogP contribution >= 0.6 is 11.3 Å². The molecule has 0 unspecified atom stereocenters. The van der Waals surface area contributed by atoms with E-state index in [1.165, 1.54) is 23.7 Å². The number of hydrogen-bond donors (Lipinski definition) is 3. The van der Waals surface area contributed by atoms with Crippen molar-refractivity contribution in [3.8, 4) is 0 Å². The van der Waals surface area contributed by atoms with Gasteiger partial charge in [0.25, 0.3) is 6.43 Å². The number of halogens is 2. The van der Waals surface area contributed by atoms with Crippen molar-refractivity contribution >= 4 is 23.1 Å². The lowest BCUT2D eigenvalue weighted by Gasteiger charge is -2.22. The van der Waals surface area contributed by atoms with Gasteiger partial charge >= 0.3 is 6.03 Å². The van der Waals surface area contributed by atoms with Crippen LogP contribution in [0.2, 0.25) is 0 Å². The van der Waals surface area contributed by atoms with E-state index in [4.69, 9.17) is 0 Å². The van der Waals surface area contributed by atoms with Crippen LogP contribution in [0.15, 0.2) is 29.9 Å². The van der Waals surface area contributed by atoms with Gasteiger partial charge in [0.05, 0.1) is 18.4 Å². The van der Waals surface area contributed by atoms with Crippen molar-refractivity contribution in [2.75, 3.05) is 11.9 Å². The number of nitrogens with zero attached hydrogens (tertiary/aromatic N) is 2. The van der Waals surface area contributed by atoms with E-state index in [0.717, 1.165) is 9.56 Å². The number of amides is 2. The minimum absolute atomic E-state index is 0.0184. The molecule has 0 aliphatic carbocycles. The lowest BCUT2D eigenvalue weighted by Crippen LogP contribution is -2.40. The Balaban J connectivity index is 1.84. The Hall–Kier alpha value is -2.00. The van der Waals surface area contributed by atoms with Crippen LogP contribution in [0.3, 0.4) is 0 Å². The molecule has 9 heteroatoms. The highest BCUT2D eigenvalue weighted by molar-refractivity contribution is 7.10. The third-order valence-corrected chi connectivity index (χ3v) is 3.98. The summed E-state index contributed by atoms with van der Waals surface area (Å²) in [6.45, 7) is 1.08. The van der Waals surface area contributed by atoms with Gasteiger partial charge in [-0.3, -0.25) is 4.68 Å². The zero-order valence-corrected chi connectivity index (χ0v) is 12.6. The van der Waals surface area contributed by atoms with Gasteiger partial charge in [-0.25, -0.2) is 13.6 Å². The first kappa shape index (κ1) is 16.4. The molecule has 22 heavy (non-hydrogen) atoms. The van der Waals surface area contributed by atoms with Gasteiger partial charge in [-0.1, -0.05) is 6.07 Å². The van der Waals surface area contributed by atoms with Gasteiger partial charge in [0.15, 0.2) is 0 Å². The number of aliphatic hydroxyl groups is 1. The zero-order valence-electron chi connectivity index (χ0n) is 11.8. The maximum absolute atomic E-state index is 12.2. The number of alkyl halides is 2. The molecule has 0 radical (unpaired) electrons. The third kappa shape index (κ3) is 4.50. The van der Waals surface area contributed by atoms with Crippen LogP contribution in [-0.4, -0.2) is 33.9 Å². The zero-order chi connectivity index (χ0) is 16.2. The first-order chi connectivity index (χ1) is 10.4. The van der Waals surface area contributed by atoms with Gasteiger partial charge in [0.2, 0.25) is 0 Å². The van der Waals surface area contributed by atoms with E-state index in [1.807, 2.05) is 11.4 Å². The largest absolute Gasteiger partial charge is 0.383 e. The van der Waals surface area contributed by atoms with Crippen LogP contribution in [0.1, 0.15) is 11.8 Å². The summed E-state index contributed by atoms with van der Waals surface area (Å²) < 4.78 is 25.4. The Morgan fingerprint density at radius 3 is 3.00 bits per heavy atom. The fourth-order valence-corrected chi connectivity index (χ4v) is 2.56. The van der Waals surface area contributed by atoms with Gasteiger partial charge in [0.1, 0.15) is 12.1 Å². The molecule has 2 rings (SSSR count). The highest BCUT2D eigenvalue weighted by Gasteiger charge is 2.24. The summed E-state index contributed by atoms with van der Waals surface area (Å²) in [5, 5.41) is 20.8. The second-order valence-electron chi connectivity index (χ2n) is 4.90. The molecule has 0 fully saturated rings. The number of carbonyl (C=O) groups is 1. The molecule has 0 aliphatic rings. The van der Waals surface area contributed by atoms with Crippen molar-refractivity contribution in [2.45, 2.75) is 25.5 Å². The highest BCUT2D eigenvalue weighted by atomic mass is 32.1. The Morgan fingerprint density at radius 2 is 2.36 bits per heavy atom. The molecular weight excluding hydrogens is 314 g/mol. The predicted octanol–water partition coefficient (Wildman–Crippen LogP) is 2.24. The minimum Gasteiger partial charge on any atom is -0.383 e. The summed E-state index contributed by atoms with van der Waals surface area (Å²) in [5.41, 5.74) is -0.875. The van der Waals surface area contributed by atoms with E-state index in [1.54, 1.807) is 13.0 Å². The topological polar surface area (TPSA) is 79.2 Å². The average Bonchev–Trinajstić information content (AvgIpc) is 3.08. The highest BCUT2D eigenvalue weighted by Crippen LogP contribution is 2.24. The number of rotatable bonds is 6. The number of aromatic nitrogens is 2. The van der Waals surface area contributed by atoms with E-state index >= 15 is 0 Å². The van der Waals surface area contributed by atoms with E-state index < -0.39 is 24.6 Å². The Bertz CT molecular complexity index is 613. The molecule has 120 valence electrons. The second kappa shape index (κ2) is 6.84. The van der Waals surface area contributed by atoms with E-state index in [0.29, 0.717) is 5.69 Å². The smallest absolute Gasteiger partial charge is 0.319 e. The molecule has 0 saturated carbocycles. The van der Waals surface area contributed by atoms with Crippen molar-refractivity contribution in [1.82, 2.24) is 15.1 Å². The molecule has 0 aliphatic heterocycles. The summed E-state index contributed by atoms with van der Waals surface area (Å²) in [6, 6.07) is 3.04. The summed E-state index contributed by atoms with van der Waals surface area (Å²) >= 11 is 1.39. The third-order valence-electron chi connectivity index (χ3n) is 2.86. The first-order valence-electron chi connectivity index (χ1n) is 6.48. The molecule has 0 saturated heterocycles. The standard InChI is InChI=1S/C13H16F2N4O2S/c1-13(21,10-3-2-4-22-10)8-16-12(20)18-9-5-17-19(6-9)7-11(14)15/h2-6,11,21H,7-8H2,1H3,(H2,16,18,20)/t13-/m1/s1. The molecular formula is C13H16F2N4O2S. The van der Waals surface area contributed by atoms with Gasteiger partial charge in [-0.05, 0) is 18.4 Å². The van der Waals surface area contributed by atoms with Crippen molar-refractivity contribution in [1.29, 1.82) is 0 Å². The quantitative estimate of drug-likeness (QED) is 0.760. The van der Waals surface area contributed by atoms with Crippen LogP contribution in [-0.2, 0) is 12.1 Å². The molecule has 6 nitrogen and oxygen atoms in total. The number of hydrogen-bond acceptors (Lipinski definition) is 4. The van der Waals surface area contributed by atoms with Crippen LogP contribution in [0.4, 0.5) is 19.3 Å². The lowest BCUT2D eigenvalue weighted by atomic mass is 10.1. The number of thiophene rings is 1. The Morgan fingerprint density at radius 1 is 1.59 bits per heavy atom. The molecule has 2 heterocycles. The molecule has 2 aromatic heterocycles. The lowest BCUT2D eigenvalue weighted by molar-refractivity contribution is 0.0637. The maximum atomic E-state index is 12.2. The van der Waals surface area contributed by atoms with Crippen LogP contribution in [0, 0.1) is 0 Å². The van der Waals surface area contributed by atoms with Crippen LogP contribution in [0.5, 0.6) is 0 Å². The van der Waals surface area contributed by atoms with Gasteiger partial charge in [-0.15, -0.1) is 11.3 Å². The van der Waals surface area contributed by atoms with Crippen LogP contribution in [0.25, 0.3) is 0 Å². The molecule has 1 atom stereocenters. The monoisotopic (exact) mass is 330 g/mol. The molecule has 3 N–H and O–H groups in total. The average molecular weight is 330 g/mol. The van der Waals surface area contributed by atoms with Crippen molar-refractivity contribution < 1.29 is 18.7 Å². The fraction of sp³-hybridized carbons (Fsp3) is 0.385. The SMILES string of the molecule is C[C@@](O)(CNC(=O)Nc1cnn(CC(F)F)c1)c1cccs1. The minimum atomic E-state index is -2.51. The van der Waals surface area contributed by atoms with Gasteiger partial charge in [-0.2, -0.15) is 5.10 Å². The van der Waals surface area contributed by atoms with Crippen molar-refractivity contribution in [2.24, 2.45) is 0 Å². The maximum Gasteiger partial charge on any atom is 0.319 e. The van der Waals surface area contributed by atoms with Crippen molar-refractivity contribution in [3.63, 3.8) is 0 Å². The summed E-state index contributed by atoms with van der Waals surface area (Å²) in [7, 11) is 0. The molecule has 2 aromatic rings. The molecule has 0 spiro atoms. The predicted molar refractivity (Wildman–Crippen MR) is 79.1 cm³/mol. The summed E-state index contributed by atoms with van der Waals surface area (Å²) in [5.74, 6) is 0. The Labute approximate surface area is 129 Å². The number of urea groups is 1. The van der Waals surface area contributed by atoms with E-state index in [9.17, 15) is 18.7 Å². The Kier molecular flexibility index (Phi) is 5.09. The van der Waals surface area contributed by atoms with Crippen molar-refractivity contribution in [3.05, 3.63) is 34.8 Å². The summed E-state index contributed by atoms with van der Waals surface area (Å²) in [6.07, 6.45) is 0.0742. The van der Waals surface area contributed by atoms with Crippen LogP contribution < -0.4 is 10.6 Å². The molecule has 0 bridgehead atoms. The molecule has 2 amide bonds. The van der Waals surface area contributed by atoms with Gasteiger partial charge in [0, 0.05) is 11.1 Å². The van der Waals surface area contributed by atoms with E-state index in [2.05, 4.69) is 15.7 Å². The summed E-state index contributed by atoms with van der Waals surface area (Å²) in [4.78, 5) is 12.5. The number of carbonyl (C=O) groups excluding carboxylic acids is 1. The van der Waals surface area contributed by atoms with Gasteiger partial charge < -0.3 is 15.7 Å². The second-order valence-corrected chi connectivity index (χ2v) is 5.85. The normalized spacial score (nSPS) is 13.9. The number of nitrogens with one attached hydrogen (secondary N) is 2. The fourth-order valence-electron chi connectivity index (χ4n) is 1.77. The van der Waals surface area contributed by atoms with E-state index in [-0.39, 0.29) is 6.54 Å². The number of anilines is 1. The first-order valence-corrected chi connectivity index (χ1v) is 7.36.